The second-order valence-corrected chi connectivity index (χ2v) is 17.7. The van der Waals surface area contributed by atoms with Crippen LogP contribution in [0.15, 0.2) is 119 Å². The number of hydrogen-bond acceptors (Lipinski definition) is 12. The standard InChI is InChI=1S/C56H62Cl2O12/c1-3-5-7-9-11-13-15-17-19-37-65-43-29-21-39(22-30-43)53(61)67-45-33-25-41(26-34-45)55(63)69-51-47(57)50(60)52(48(58)49(51)59)70-56(64)42-27-35-46(36-28-42)68-54(62)40-23-31-44(32-24-40)66-38-20-18-16-14-12-10-8-6-4-2/h21-36H,3-20,37-38H2,1-2H3. The van der Waals surface area contributed by atoms with E-state index in [4.69, 9.17) is 51.6 Å². The van der Waals surface area contributed by atoms with Gasteiger partial charge in [-0.1, -0.05) is 140 Å². The quantitative estimate of drug-likeness (QED) is 0.0211. The molecule has 0 N–H and O–H groups in total. The van der Waals surface area contributed by atoms with Gasteiger partial charge in [0.1, 0.15) is 33.1 Å². The van der Waals surface area contributed by atoms with Crippen molar-refractivity contribution in [2.75, 3.05) is 13.2 Å². The summed E-state index contributed by atoms with van der Waals surface area (Å²) < 4.78 is 32.9. The molecule has 0 aromatic heterocycles. The minimum atomic E-state index is -1.19. The van der Waals surface area contributed by atoms with Gasteiger partial charge in [0.15, 0.2) is 0 Å². The highest BCUT2D eigenvalue weighted by molar-refractivity contribution is 6.55. The lowest BCUT2D eigenvalue weighted by Crippen LogP contribution is -2.26. The summed E-state index contributed by atoms with van der Waals surface area (Å²) in [5.74, 6) is -6.03. The Morgan fingerprint density at radius 2 is 0.586 bits per heavy atom. The molecule has 0 saturated heterocycles. The van der Waals surface area contributed by atoms with Gasteiger partial charge in [-0.3, -0.25) is 9.59 Å². The van der Waals surface area contributed by atoms with Gasteiger partial charge in [0.2, 0.25) is 23.1 Å². The van der Waals surface area contributed by atoms with Crippen LogP contribution in [0.4, 0.5) is 0 Å². The Balaban J connectivity index is 1.03. The predicted molar refractivity (Wildman–Crippen MR) is 268 cm³/mol. The number of benzene rings is 4. The number of ether oxygens (including phenoxy) is 6. The molecule has 14 heteroatoms. The first-order valence-electron chi connectivity index (χ1n) is 24.4. The van der Waals surface area contributed by atoms with E-state index in [1.165, 1.54) is 138 Å². The molecule has 70 heavy (non-hydrogen) atoms. The maximum atomic E-state index is 13.2. The molecule has 0 radical (unpaired) electrons. The first-order valence-corrected chi connectivity index (χ1v) is 25.2. The maximum Gasteiger partial charge on any atom is 0.343 e. The van der Waals surface area contributed by atoms with E-state index in [1.807, 2.05) is 0 Å². The van der Waals surface area contributed by atoms with Crippen LogP contribution in [0.3, 0.4) is 0 Å². The first-order chi connectivity index (χ1) is 34.0. The lowest BCUT2D eigenvalue weighted by atomic mass is 10.1. The van der Waals surface area contributed by atoms with Crippen LogP contribution < -0.4 is 18.9 Å². The fraction of sp³-hybridized carbons (Fsp3) is 0.393. The Bertz CT molecular complexity index is 2250. The van der Waals surface area contributed by atoms with Gasteiger partial charge in [-0.15, -0.1) is 0 Å². The molecule has 0 aliphatic heterocycles. The monoisotopic (exact) mass is 996 g/mol. The van der Waals surface area contributed by atoms with Gasteiger partial charge >= 0.3 is 23.9 Å². The number of hydrogen-bond donors (Lipinski definition) is 0. The first kappa shape index (κ1) is 54.7. The number of rotatable bonds is 30. The molecule has 1 aliphatic carbocycles. The van der Waals surface area contributed by atoms with Crippen LogP contribution >= 0.6 is 23.2 Å². The summed E-state index contributed by atoms with van der Waals surface area (Å²) in [5.41, 5.74) is 0.406. The molecular weight excluding hydrogens is 936 g/mol. The van der Waals surface area contributed by atoms with Gasteiger partial charge in [-0.05, 0) is 110 Å². The molecule has 0 heterocycles. The van der Waals surface area contributed by atoms with Gasteiger partial charge in [0.25, 0.3) is 0 Å². The number of esters is 4. The maximum absolute atomic E-state index is 13.2. The third-order valence-electron chi connectivity index (χ3n) is 11.4. The molecule has 4 aromatic carbocycles. The molecule has 0 bridgehead atoms. The van der Waals surface area contributed by atoms with Gasteiger partial charge in [-0.25, -0.2) is 19.2 Å². The minimum Gasteiger partial charge on any atom is -0.494 e. The van der Waals surface area contributed by atoms with Crippen LogP contribution in [-0.4, -0.2) is 48.7 Å². The average molecular weight is 998 g/mol. The highest BCUT2D eigenvalue weighted by atomic mass is 35.5. The zero-order chi connectivity index (χ0) is 50.1. The molecule has 1 aliphatic rings. The third kappa shape index (κ3) is 17.6. The number of carbonyl (C=O) groups is 6. The largest absolute Gasteiger partial charge is 0.494 e. The van der Waals surface area contributed by atoms with E-state index in [0.29, 0.717) is 24.7 Å². The number of halogens is 2. The molecule has 4 aromatic rings. The second-order valence-electron chi connectivity index (χ2n) is 17.0. The Morgan fingerprint density at radius 1 is 0.343 bits per heavy atom. The fourth-order valence-electron chi connectivity index (χ4n) is 7.32. The van der Waals surface area contributed by atoms with E-state index in [1.54, 1.807) is 48.5 Å². The summed E-state index contributed by atoms with van der Waals surface area (Å²) in [6.45, 7) is 5.62. The van der Waals surface area contributed by atoms with Gasteiger partial charge in [0.05, 0.1) is 35.5 Å². The normalized spacial score (nSPS) is 12.5. The number of allylic oxidation sites excluding steroid dienone is 2. The third-order valence-corrected chi connectivity index (χ3v) is 12.1. The average Bonchev–Trinajstić information content (AvgIpc) is 3.37. The molecule has 0 fully saturated rings. The van der Waals surface area contributed by atoms with E-state index in [9.17, 15) is 28.8 Å². The molecule has 0 saturated carbocycles. The van der Waals surface area contributed by atoms with E-state index >= 15 is 0 Å². The van der Waals surface area contributed by atoms with Gasteiger partial charge < -0.3 is 28.4 Å². The van der Waals surface area contributed by atoms with Crippen molar-refractivity contribution in [1.29, 1.82) is 0 Å². The van der Waals surface area contributed by atoms with Crippen molar-refractivity contribution in [3.63, 3.8) is 0 Å². The summed E-state index contributed by atoms with van der Waals surface area (Å²) in [6, 6.07) is 23.7. The fourth-order valence-corrected chi connectivity index (χ4v) is 7.74. The van der Waals surface area contributed by atoms with Gasteiger partial charge in [-0.2, -0.15) is 0 Å². The van der Waals surface area contributed by atoms with Crippen molar-refractivity contribution < 1.29 is 57.2 Å². The summed E-state index contributed by atoms with van der Waals surface area (Å²) in [5, 5.41) is -1.70. The molecule has 0 unspecified atom stereocenters. The molecule has 0 atom stereocenters. The summed E-state index contributed by atoms with van der Waals surface area (Å²) >= 11 is 12.4. The van der Waals surface area contributed by atoms with E-state index in [0.717, 1.165) is 25.7 Å². The van der Waals surface area contributed by atoms with Crippen LogP contribution in [-0.2, 0) is 19.1 Å². The Labute approximate surface area is 420 Å². The Hall–Kier alpha value is -6.24. The predicted octanol–water partition coefficient (Wildman–Crippen LogP) is 14.0. The SMILES string of the molecule is CCCCCCCCCCCOc1ccc(C(=O)Oc2ccc(C(=O)OC3=C(Cl)C(=O)C(OC(=O)c4ccc(OC(=O)c5ccc(OCCCCCCCCCCC)cc5)cc4)=C(Cl)C3=O)cc2)cc1. The van der Waals surface area contributed by atoms with E-state index < -0.39 is 57.0 Å². The second kappa shape index (κ2) is 29.7. The zero-order valence-electron chi connectivity index (χ0n) is 40.0. The Morgan fingerprint density at radius 3 is 0.871 bits per heavy atom. The number of Topliss-reactive ketones (excluding diaryl/α,β-unsaturated/α-hetero) is 2. The molecule has 372 valence electrons. The topological polar surface area (TPSA) is 158 Å². The molecular formula is C56H62Cl2O12. The molecule has 0 spiro atoms. The molecule has 5 rings (SSSR count). The Kier molecular flexibility index (Phi) is 23.2. The summed E-state index contributed by atoms with van der Waals surface area (Å²) in [6.07, 6.45) is 21.9. The zero-order valence-corrected chi connectivity index (χ0v) is 41.5. The highest BCUT2D eigenvalue weighted by Crippen LogP contribution is 2.32. The summed E-state index contributed by atoms with van der Waals surface area (Å²) in [4.78, 5) is 78.0. The van der Waals surface area contributed by atoms with E-state index in [2.05, 4.69) is 13.8 Å². The molecule has 0 amide bonds. The lowest BCUT2D eigenvalue weighted by Gasteiger charge is -2.17. The van der Waals surface area contributed by atoms with Crippen LogP contribution in [0.2, 0.25) is 0 Å². The van der Waals surface area contributed by atoms with Crippen molar-refractivity contribution in [1.82, 2.24) is 0 Å². The number of carbonyl (C=O) groups excluding carboxylic acids is 6. The van der Waals surface area contributed by atoms with Crippen LogP contribution in [0, 0.1) is 0 Å². The minimum absolute atomic E-state index is 0.0840. The van der Waals surface area contributed by atoms with Crippen molar-refractivity contribution in [3.05, 3.63) is 141 Å². The lowest BCUT2D eigenvalue weighted by molar-refractivity contribution is -0.119. The number of ketones is 2. The number of unbranched alkanes of at least 4 members (excludes halogenated alkanes) is 16. The van der Waals surface area contributed by atoms with Crippen LogP contribution in [0.5, 0.6) is 23.0 Å². The van der Waals surface area contributed by atoms with Crippen molar-refractivity contribution in [2.45, 2.75) is 129 Å². The van der Waals surface area contributed by atoms with Crippen molar-refractivity contribution in [3.8, 4) is 23.0 Å². The van der Waals surface area contributed by atoms with E-state index in [-0.39, 0.29) is 33.8 Å². The smallest absolute Gasteiger partial charge is 0.343 e. The van der Waals surface area contributed by atoms with Crippen LogP contribution in [0.1, 0.15) is 171 Å². The molecule has 12 nitrogen and oxygen atoms in total. The van der Waals surface area contributed by atoms with Crippen molar-refractivity contribution >= 4 is 58.6 Å². The summed E-state index contributed by atoms with van der Waals surface area (Å²) in [7, 11) is 0. The van der Waals surface area contributed by atoms with Gasteiger partial charge in [0, 0.05) is 0 Å². The van der Waals surface area contributed by atoms with Crippen LogP contribution in [0.25, 0.3) is 0 Å². The highest BCUT2D eigenvalue weighted by Gasteiger charge is 2.38. The van der Waals surface area contributed by atoms with Crippen molar-refractivity contribution in [2.24, 2.45) is 0 Å².